The van der Waals surface area contributed by atoms with Gasteiger partial charge in [-0.1, -0.05) is 60.7 Å². The van der Waals surface area contributed by atoms with E-state index < -0.39 is 29.9 Å². The topological polar surface area (TPSA) is 35.5 Å². The molecule has 2 rings (SSSR count). The fourth-order valence-electron chi connectivity index (χ4n) is 2.30. The summed E-state index contributed by atoms with van der Waals surface area (Å²) in [5.41, 5.74) is -3.00. The molecule has 0 fully saturated rings. The van der Waals surface area contributed by atoms with Crippen molar-refractivity contribution in [1.29, 1.82) is 0 Å². The standard InChI is InChI=1S/C18H17F3O3/c1-23-17(18(19,20)21,15-10-6-3-7-11-15)16(22)24-13-12-14-8-4-2-5-9-14/h2-11H,12-13H2,1H3/t17-/m1/s1/i13D/t13-,17+/m0. The summed E-state index contributed by atoms with van der Waals surface area (Å²) >= 11 is 0. The Bertz CT molecular complexity index is 692. The average molecular weight is 339 g/mol. The molecular formula is C18H17F3O3. The summed E-state index contributed by atoms with van der Waals surface area (Å²) in [6, 6.07) is 15.1. The predicted octanol–water partition coefficient (Wildman–Crippen LogP) is 3.88. The summed E-state index contributed by atoms with van der Waals surface area (Å²) in [5.74, 6) is -1.66. The van der Waals surface area contributed by atoms with Gasteiger partial charge in [0.15, 0.2) is 0 Å². The zero-order chi connectivity index (χ0) is 18.5. The zero-order valence-electron chi connectivity index (χ0n) is 13.9. The summed E-state index contributed by atoms with van der Waals surface area (Å²) in [5, 5.41) is 0. The molecule has 0 aliphatic heterocycles. The first-order valence-electron chi connectivity index (χ1n) is 7.73. The Morgan fingerprint density at radius 1 is 1.04 bits per heavy atom. The quantitative estimate of drug-likeness (QED) is 0.750. The van der Waals surface area contributed by atoms with Gasteiger partial charge >= 0.3 is 12.1 Å². The van der Waals surface area contributed by atoms with Gasteiger partial charge in [-0.2, -0.15) is 13.2 Å². The van der Waals surface area contributed by atoms with Crippen molar-refractivity contribution in [2.24, 2.45) is 0 Å². The maximum atomic E-state index is 13.7. The number of hydrogen-bond donors (Lipinski definition) is 0. The summed E-state index contributed by atoms with van der Waals surface area (Å²) in [6.45, 7) is -1.49. The number of carbonyl (C=O) groups is 1. The highest BCUT2D eigenvalue weighted by molar-refractivity contribution is 5.82. The second-order valence-electron chi connectivity index (χ2n) is 5.01. The second kappa shape index (κ2) is 7.49. The van der Waals surface area contributed by atoms with Gasteiger partial charge in [0, 0.05) is 19.1 Å². The molecule has 0 radical (unpaired) electrons. The highest BCUT2D eigenvalue weighted by atomic mass is 19.4. The third-order valence-electron chi connectivity index (χ3n) is 3.53. The fourth-order valence-corrected chi connectivity index (χ4v) is 2.30. The Morgan fingerprint density at radius 2 is 1.58 bits per heavy atom. The number of ether oxygens (including phenoxy) is 2. The molecule has 0 aliphatic carbocycles. The number of rotatable bonds is 6. The van der Waals surface area contributed by atoms with Crippen LogP contribution in [0.2, 0.25) is 0 Å². The number of aryl methyl sites for hydroxylation is 1. The molecule has 2 aromatic rings. The van der Waals surface area contributed by atoms with E-state index in [9.17, 15) is 18.0 Å². The van der Waals surface area contributed by atoms with Crippen molar-refractivity contribution in [3.8, 4) is 0 Å². The smallest absolute Gasteiger partial charge is 0.432 e. The number of halogens is 3. The maximum Gasteiger partial charge on any atom is 0.432 e. The van der Waals surface area contributed by atoms with E-state index >= 15 is 0 Å². The normalized spacial score (nSPS) is 15.9. The second-order valence-corrected chi connectivity index (χ2v) is 5.01. The average Bonchev–Trinajstić information content (AvgIpc) is 2.56. The van der Waals surface area contributed by atoms with E-state index in [-0.39, 0.29) is 6.42 Å². The van der Waals surface area contributed by atoms with Gasteiger partial charge < -0.3 is 9.47 Å². The lowest BCUT2D eigenvalue weighted by molar-refractivity contribution is -0.276. The summed E-state index contributed by atoms with van der Waals surface area (Å²) in [7, 11) is 0.790. The van der Waals surface area contributed by atoms with E-state index in [1.54, 1.807) is 30.3 Å². The van der Waals surface area contributed by atoms with Crippen molar-refractivity contribution < 1.29 is 28.8 Å². The van der Waals surface area contributed by atoms with Crippen molar-refractivity contribution in [1.82, 2.24) is 0 Å². The van der Waals surface area contributed by atoms with Crippen molar-refractivity contribution in [3.05, 3.63) is 71.8 Å². The number of benzene rings is 2. The Morgan fingerprint density at radius 3 is 2.08 bits per heavy atom. The predicted molar refractivity (Wildman–Crippen MR) is 82.3 cm³/mol. The van der Waals surface area contributed by atoms with Gasteiger partial charge in [-0.3, -0.25) is 0 Å². The van der Waals surface area contributed by atoms with Crippen molar-refractivity contribution in [2.45, 2.75) is 18.2 Å². The number of alkyl halides is 3. The third-order valence-corrected chi connectivity index (χ3v) is 3.53. The highest BCUT2D eigenvalue weighted by Gasteiger charge is 2.64. The van der Waals surface area contributed by atoms with Gasteiger partial charge in [-0.15, -0.1) is 0 Å². The number of carbonyl (C=O) groups excluding carboxylic acids is 1. The molecule has 0 saturated heterocycles. The van der Waals surface area contributed by atoms with Crippen LogP contribution in [0.15, 0.2) is 60.7 Å². The van der Waals surface area contributed by atoms with Gasteiger partial charge in [0.05, 0.1) is 7.95 Å². The Balaban J connectivity index is 2.27. The SMILES string of the molecule is [2H][C@@H](Cc1ccccc1)OC(=O)[C@](OC)(c1ccccc1)C(F)(F)F. The van der Waals surface area contributed by atoms with Crippen LogP contribution < -0.4 is 0 Å². The molecule has 24 heavy (non-hydrogen) atoms. The van der Waals surface area contributed by atoms with E-state index in [1.807, 2.05) is 0 Å². The van der Waals surface area contributed by atoms with Crippen LogP contribution in [0.4, 0.5) is 13.2 Å². The van der Waals surface area contributed by atoms with E-state index in [1.165, 1.54) is 18.2 Å². The number of hydrogen-bond acceptors (Lipinski definition) is 3. The van der Waals surface area contributed by atoms with Crippen LogP contribution in [-0.4, -0.2) is 25.8 Å². The molecule has 0 heterocycles. The van der Waals surface area contributed by atoms with Gasteiger partial charge in [-0.05, 0) is 5.56 Å². The molecule has 0 amide bonds. The zero-order valence-corrected chi connectivity index (χ0v) is 12.9. The molecule has 2 atom stereocenters. The van der Waals surface area contributed by atoms with Crippen molar-refractivity contribution in [2.75, 3.05) is 13.7 Å². The lowest BCUT2D eigenvalue weighted by atomic mass is 9.93. The Kier molecular flexibility index (Phi) is 5.15. The van der Waals surface area contributed by atoms with Crippen LogP contribution >= 0.6 is 0 Å². The van der Waals surface area contributed by atoms with Crippen LogP contribution in [0.3, 0.4) is 0 Å². The summed E-state index contributed by atoms with van der Waals surface area (Å²) in [4.78, 5) is 12.4. The van der Waals surface area contributed by atoms with Crippen molar-refractivity contribution in [3.63, 3.8) is 0 Å². The summed E-state index contributed by atoms with van der Waals surface area (Å²) in [6.07, 6.45) is -5.08. The molecule has 3 nitrogen and oxygen atoms in total. The van der Waals surface area contributed by atoms with Gasteiger partial charge in [0.1, 0.15) is 0 Å². The molecule has 128 valence electrons. The minimum absolute atomic E-state index is 0.0287. The van der Waals surface area contributed by atoms with Crippen LogP contribution in [0.1, 0.15) is 12.5 Å². The van der Waals surface area contributed by atoms with Crippen LogP contribution in [0.25, 0.3) is 0 Å². The van der Waals surface area contributed by atoms with Crippen LogP contribution in [0, 0.1) is 0 Å². The Labute approximate surface area is 139 Å². The lowest BCUT2D eigenvalue weighted by Crippen LogP contribution is -2.51. The first-order valence-corrected chi connectivity index (χ1v) is 7.16. The number of esters is 1. The molecule has 0 aliphatic rings. The third kappa shape index (κ3) is 3.59. The lowest BCUT2D eigenvalue weighted by Gasteiger charge is -2.32. The molecule has 2 aromatic carbocycles. The molecular weight excluding hydrogens is 321 g/mol. The minimum atomic E-state index is -5.05. The first-order chi connectivity index (χ1) is 11.8. The van der Waals surface area contributed by atoms with Gasteiger partial charge in [-0.25, -0.2) is 4.79 Å². The Hall–Kier alpha value is -2.34. The molecule has 6 heteroatoms. The van der Waals surface area contributed by atoms with E-state index in [2.05, 4.69) is 4.74 Å². The minimum Gasteiger partial charge on any atom is -0.463 e. The monoisotopic (exact) mass is 339 g/mol. The van der Waals surface area contributed by atoms with Gasteiger partial charge in [0.2, 0.25) is 0 Å². The van der Waals surface area contributed by atoms with Crippen molar-refractivity contribution >= 4 is 5.97 Å². The molecule has 0 aromatic heterocycles. The summed E-state index contributed by atoms with van der Waals surface area (Å²) < 4.78 is 58.3. The van der Waals surface area contributed by atoms with Gasteiger partial charge in [0.25, 0.3) is 5.60 Å². The molecule has 0 N–H and O–H groups in total. The van der Waals surface area contributed by atoms with E-state index in [0.29, 0.717) is 5.56 Å². The fraction of sp³-hybridized carbons (Fsp3) is 0.278. The largest absolute Gasteiger partial charge is 0.463 e. The van der Waals surface area contributed by atoms with E-state index in [4.69, 9.17) is 6.11 Å². The van der Waals surface area contributed by atoms with Crippen LogP contribution in [-0.2, 0) is 26.3 Å². The number of methoxy groups -OCH3 is 1. The molecule has 0 unspecified atom stereocenters. The first kappa shape index (κ1) is 16.5. The molecule has 0 saturated carbocycles. The maximum absolute atomic E-state index is 13.7. The molecule has 0 bridgehead atoms. The highest BCUT2D eigenvalue weighted by Crippen LogP contribution is 2.42. The van der Waals surface area contributed by atoms with Crippen LogP contribution in [0.5, 0.6) is 0 Å². The molecule has 0 spiro atoms. The van der Waals surface area contributed by atoms with E-state index in [0.717, 1.165) is 19.2 Å².